The van der Waals surface area contributed by atoms with Crippen LogP contribution in [0.1, 0.15) is 5.89 Å². The van der Waals surface area contributed by atoms with E-state index >= 15 is 0 Å². The number of sulfonamides is 1. The Morgan fingerprint density at radius 2 is 1.86 bits per heavy atom. The van der Waals surface area contributed by atoms with E-state index in [-0.39, 0.29) is 17.3 Å². The minimum absolute atomic E-state index is 0.107. The van der Waals surface area contributed by atoms with E-state index in [4.69, 9.17) is 9.26 Å². The summed E-state index contributed by atoms with van der Waals surface area (Å²) in [6, 6.07) is 17.8. The first kappa shape index (κ1) is 19.6. The zero-order valence-electron chi connectivity index (χ0n) is 15.3. The number of nitrogens with zero attached hydrogens (tertiary/aromatic N) is 2. The summed E-state index contributed by atoms with van der Waals surface area (Å²) in [5.41, 5.74) is 0.766. The molecule has 4 rings (SSSR count). The molecule has 7 nitrogen and oxygen atoms in total. The minimum Gasteiger partial charge on any atom is -0.497 e. The van der Waals surface area contributed by atoms with E-state index in [9.17, 15) is 8.42 Å². The van der Waals surface area contributed by atoms with Crippen LogP contribution in [-0.4, -0.2) is 25.7 Å². The van der Waals surface area contributed by atoms with Crippen molar-refractivity contribution in [3.63, 3.8) is 0 Å². The maximum Gasteiger partial charge on any atom is 0.242 e. The van der Waals surface area contributed by atoms with Crippen LogP contribution in [0.25, 0.3) is 22.2 Å². The Morgan fingerprint density at radius 1 is 1.07 bits per heavy atom. The van der Waals surface area contributed by atoms with Crippen LogP contribution in [0.2, 0.25) is 0 Å². The van der Waals surface area contributed by atoms with Gasteiger partial charge in [-0.05, 0) is 47.2 Å². The molecular weight excluding hydrogens is 458 g/mol. The molecule has 0 aliphatic carbocycles. The first-order valence-electron chi connectivity index (χ1n) is 8.60. The van der Waals surface area contributed by atoms with Crippen LogP contribution in [0.3, 0.4) is 0 Å². The first-order valence-corrected chi connectivity index (χ1v) is 10.9. The zero-order valence-corrected chi connectivity index (χ0v) is 17.7. The second-order valence-corrected chi connectivity index (χ2v) is 8.90. The Labute approximate surface area is 175 Å². The quantitative estimate of drug-likeness (QED) is 0.452. The molecule has 0 fully saturated rings. The molecule has 0 spiro atoms. The van der Waals surface area contributed by atoms with Crippen LogP contribution in [-0.2, 0) is 16.6 Å². The molecule has 0 radical (unpaired) electrons. The molecule has 0 saturated carbocycles. The minimum atomic E-state index is -3.74. The van der Waals surface area contributed by atoms with Crippen LogP contribution >= 0.6 is 15.9 Å². The normalized spacial score (nSPS) is 11.7. The standard InChI is InChI=1S/C20H16BrN3O4S/c1-27-17-7-5-14-11-18(8-6-13(14)10-17)29(25,26)22-12-19-23-20(24-28-19)15-3-2-4-16(21)9-15/h2-11,22H,12H2,1H3. The maximum absolute atomic E-state index is 12.7. The Hall–Kier alpha value is -2.75. The molecule has 4 aromatic rings. The molecule has 0 amide bonds. The van der Waals surface area contributed by atoms with Gasteiger partial charge < -0.3 is 9.26 Å². The van der Waals surface area contributed by atoms with Gasteiger partial charge in [-0.25, -0.2) is 13.1 Å². The van der Waals surface area contributed by atoms with Crippen molar-refractivity contribution in [3.05, 3.63) is 71.0 Å². The molecule has 1 aromatic heterocycles. The Bertz CT molecular complexity index is 1290. The van der Waals surface area contributed by atoms with Crippen molar-refractivity contribution in [2.75, 3.05) is 7.11 Å². The summed E-state index contributed by atoms with van der Waals surface area (Å²) in [6.07, 6.45) is 0. The highest BCUT2D eigenvalue weighted by Crippen LogP contribution is 2.24. The SMILES string of the molecule is COc1ccc2cc(S(=O)(=O)NCc3nc(-c4cccc(Br)c4)no3)ccc2c1. The number of aromatic nitrogens is 2. The fourth-order valence-corrected chi connectivity index (χ4v) is 4.22. The molecule has 3 aromatic carbocycles. The topological polar surface area (TPSA) is 94.3 Å². The third kappa shape index (κ3) is 4.31. The van der Waals surface area contributed by atoms with Crippen molar-refractivity contribution in [3.8, 4) is 17.1 Å². The second kappa shape index (κ2) is 7.94. The van der Waals surface area contributed by atoms with Crippen molar-refractivity contribution in [1.82, 2.24) is 14.9 Å². The second-order valence-electron chi connectivity index (χ2n) is 6.22. The molecule has 148 valence electrons. The lowest BCUT2D eigenvalue weighted by Gasteiger charge is -2.07. The summed E-state index contributed by atoms with van der Waals surface area (Å²) >= 11 is 3.39. The molecule has 1 N–H and O–H groups in total. The van der Waals surface area contributed by atoms with Gasteiger partial charge in [-0.2, -0.15) is 4.98 Å². The number of benzene rings is 3. The fraction of sp³-hybridized carbons (Fsp3) is 0.100. The van der Waals surface area contributed by atoms with Gasteiger partial charge >= 0.3 is 0 Å². The molecule has 29 heavy (non-hydrogen) atoms. The van der Waals surface area contributed by atoms with E-state index < -0.39 is 10.0 Å². The summed E-state index contributed by atoms with van der Waals surface area (Å²) in [5, 5.41) is 5.59. The highest BCUT2D eigenvalue weighted by atomic mass is 79.9. The highest BCUT2D eigenvalue weighted by molar-refractivity contribution is 9.10. The largest absolute Gasteiger partial charge is 0.497 e. The molecule has 1 heterocycles. The van der Waals surface area contributed by atoms with Crippen LogP contribution in [0.4, 0.5) is 0 Å². The van der Waals surface area contributed by atoms with Gasteiger partial charge in [0.25, 0.3) is 0 Å². The summed E-state index contributed by atoms with van der Waals surface area (Å²) in [6.45, 7) is -0.107. The number of hydrogen-bond donors (Lipinski definition) is 1. The third-order valence-corrected chi connectivity index (χ3v) is 6.19. The smallest absolute Gasteiger partial charge is 0.242 e. The Morgan fingerprint density at radius 3 is 2.66 bits per heavy atom. The van der Waals surface area contributed by atoms with E-state index in [2.05, 4.69) is 30.8 Å². The number of methoxy groups -OCH3 is 1. The van der Waals surface area contributed by atoms with Gasteiger partial charge in [-0.15, -0.1) is 0 Å². The van der Waals surface area contributed by atoms with E-state index in [0.29, 0.717) is 11.6 Å². The third-order valence-electron chi connectivity index (χ3n) is 4.29. The number of rotatable bonds is 6. The number of nitrogens with one attached hydrogen (secondary N) is 1. The lowest BCUT2D eigenvalue weighted by Crippen LogP contribution is -2.23. The van der Waals surface area contributed by atoms with Gasteiger partial charge in [0.2, 0.25) is 21.7 Å². The number of hydrogen-bond acceptors (Lipinski definition) is 6. The molecule has 0 bridgehead atoms. The van der Waals surface area contributed by atoms with Crippen molar-refractivity contribution in [2.24, 2.45) is 0 Å². The van der Waals surface area contributed by atoms with Gasteiger partial charge in [0.05, 0.1) is 18.6 Å². The van der Waals surface area contributed by atoms with Gasteiger partial charge in [0, 0.05) is 10.0 Å². The van der Waals surface area contributed by atoms with Crippen LogP contribution in [0, 0.1) is 0 Å². The summed E-state index contributed by atoms with van der Waals surface area (Å²) in [5.74, 6) is 1.28. The van der Waals surface area contributed by atoms with Gasteiger partial charge in [0.1, 0.15) is 5.75 Å². The fourth-order valence-electron chi connectivity index (χ4n) is 2.81. The lowest BCUT2D eigenvalue weighted by molar-refractivity contribution is 0.376. The molecule has 0 saturated heterocycles. The zero-order chi connectivity index (χ0) is 20.4. The van der Waals surface area contributed by atoms with Crippen LogP contribution < -0.4 is 9.46 Å². The Kier molecular flexibility index (Phi) is 5.35. The van der Waals surface area contributed by atoms with Gasteiger partial charge in [-0.3, -0.25) is 0 Å². The van der Waals surface area contributed by atoms with Gasteiger partial charge in [0.15, 0.2) is 0 Å². The number of fused-ring (bicyclic) bond motifs is 1. The average molecular weight is 474 g/mol. The number of halogens is 1. The van der Waals surface area contributed by atoms with E-state index in [1.807, 2.05) is 36.4 Å². The van der Waals surface area contributed by atoms with Crippen molar-refractivity contribution in [1.29, 1.82) is 0 Å². The average Bonchev–Trinajstić information content (AvgIpc) is 3.21. The predicted molar refractivity (Wildman–Crippen MR) is 112 cm³/mol. The first-order chi connectivity index (χ1) is 13.9. The van der Waals surface area contributed by atoms with Crippen molar-refractivity contribution in [2.45, 2.75) is 11.4 Å². The Balaban J connectivity index is 1.51. The number of ether oxygens (including phenoxy) is 1. The summed E-state index contributed by atoms with van der Waals surface area (Å²) < 4.78 is 39.1. The van der Waals surface area contributed by atoms with Crippen LogP contribution in [0.15, 0.2) is 74.6 Å². The predicted octanol–water partition coefficient (Wildman–Crippen LogP) is 4.14. The maximum atomic E-state index is 12.7. The summed E-state index contributed by atoms with van der Waals surface area (Å²) in [4.78, 5) is 4.40. The molecule has 0 atom stereocenters. The van der Waals surface area contributed by atoms with Crippen molar-refractivity contribution >= 4 is 36.7 Å². The van der Waals surface area contributed by atoms with E-state index in [1.165, 1.54) is 0 Å². The van der Waals surface area contributed by atoms with E-state index in [0.717, 1.165) is 20.8 Å². The molecule has 0 unspecified atom stereocenters. The highest BCUT2D eigenvalue weighted by Gasteiger charge is 2.17. The van der Waals surface area contributed by atoms with Crippen LogP contribution in [0.5, 0.6) is 5.75 Å². The van der Waals surface area contributed by atoms with Crippen molar-refractivity contribution < 1.29 is 17.7 Å². The lowest BCUT2D eigenvalue weighted by atomic mass is 10.1. The molecule has 9 heteroatoms. The molecular formula is C20H16BrN3O4S. The molecule has 0 aliphatic rings. The van der Waals surface area contributed by atoms with Gasteiger partial charge in [-0.1, -0.05) is 45.4 Å². The summed E-state index contributed by atoms with van der Waals surface area (Å²) in [7, 11) is -2.16. The monoisotopic (exact) mass is 473 g/mol. The molecule has 0 aliphatic heterocycles. The van der Waals surface area contributed by atoms with E-state index in [1.54, 1.807) is 31.4 Å².